The topological polar surface area (TPSA) is 43.6 Å². The van der Waals surface area contributed by atoms with Gasteiger partial charge in [-0.25, -0.2) is 0 Å². The van der Waals surface area contributed by atoms with Gasteiger partial charge in [-0.3, -0.25) is 9.55 Å². The molecule has 2 heterocycles. The molecular weight excluding hydrogens is 433 g/mol. The summed E-state index contributed by atoms with van der Waals surface area (Å²) in [4.78, 5) is 4.08. The van der Waals surface area contributed by atoms with Crippen LogP contribution in [0.15, 0.2) is 78.2 Å². The van der Waals surface area contributed by atoms with Gasteiger partial charge in [-0.1, -0.05) is 41.6 Å². The summed E-state index contributed by atoms with van der Waals surface area (Å²) >= 11 is 7.30. The SMILES string of the molecule is FC(F)(F)c1cccc(-n2c(SCc3ccc(Cl)cc3)nnc2-c2cccnc2)c1. The average molecular weight is 447 g/mol. The first-order valence-electron chi connectivity index (χ1n) is 8.82. The number of aromatic nitrogens is 4. The van der Waals surface area contributed by atoms with Gasteiger partial charge in [-0.2, -0.15) is 13.2 Å². The zero-order valence-corrected chi connectivity index (χ0v) is 16.9. The molecule has 0 amide bonds. The molecule has 0 N–H and O–H groups in total. The van der Waals surface area contributed by atoms with Gasteiger partial charge in [0.05, 0.1) is 11.3 Å². The minimum absolute atomic E-state index is 0.326. The van der Waals surface area contributed by atoms with Gasteiger partial charge >= 0.3 is 6.18 Å². The zero-order chi connectivity index (χ0) is 21.1. The van der Waals surface area contributed by atoms with E-state index in [4.69, 9.17) is 11.6 Å². The molecular formula is C21H14ClF3N4S. The van der Waals surface area contributed by atoms with Gasteiger partial charge in [0, 0.05) is 28.7 Å². The van der Waals surface area contributed by atoms with Crippen LogP contribution in [0.5, 0.6) is 0 Å². The molecule has 0 bridgehead atoms. The van der Waals surface area contributed by atoms with Crippen molar-refractivity contribution in [3.63, 3.8) is 0 Å². The molecule has 0 aliphatic rings. The highest BCUT2D eigenvalue weighted by molar-refractivity contribution is 7.98. The predicted molar refractivity (Wildman–Crippen MR) is 111 cm³/mol. The lowest BCUT2D eigenvalue weighted by Gasteiger charge is -2.13. The number of rotatable bonds is 5. The summed E-state index contributed by atoms with van der Waals surface area (Å²) in [6.07, 6.45) is -1.23. The average Bonchev–Trinajstić information content (AvgIpc) is 3.17. The van der Waals surface area contributed by atoms with E-state index in [1.165, 1.54) is 17.8 Å². The summed E-state index contributed by atoms with van der Waals surface area (Å²) in [7, 11) is 0. The van der Waals surface area contributed by atoms with Crippen LogP contribution in [0.3, 0.4) is 0 Å². The van der Waals surface area contributed by atoms with E-state index in [0.717, 1.165) is 17.7 Å². The van der Waals surface area contributed by atoms with Crippen molar-refractivity contribution < 1.29 is 13.2 Å². The lowest BCUT2D eigenvalue weighted by Crippen LogP contribution is -2.07. The Labute approximate surface area is 179 Å². The summed E-state index contributed by atoms with van der Waals surface area (Å²) in [5.41, 5.74) is 1.25. The van der Waals surface area contributed by atoms with Gasteiger partial charge < -0.3 is 0 Å². The van der Waals surface area contributed by atoms with Crippen LogP contribution < -0.4 is 0 Å². The van der Waals surface area contributed by atoms with Crippen molar-refractivity contribution in [2.45, 2.75) is 17.1 Å². The molecule has 0 spiro atoms. The Kier molecular flexibility index (Phi) is 5.78. The number of nitrogens with zero attached hydrogens (tertiary/aromatic N) is 4. The molecule has 0 saturated carbocycles. The van der Waals surface area contributed by atoms with E-state index in [2.05, 4.69) is 15.2 Å². The standard InChI is InChI=1S/C21H14ClF3N4S/c22-17-8-6-14(7-9-17)13-30-20-28-27-19(15-3-2-10-26-12-15)29(20)18-5-1-4-16(11-18)21(23,24)25/h1-12H,13H2. The second-order valence-electron chi connectivity index (χ2n) is 6.35. The van der Waals surface area contributed by atoms with Crippen LogP contribution in [-0.2, 0) is 11.9 Å². The highest BCUT2D eigenvalue weighted by atomic mass is 35.5. The molecule has 0 atom stereocenters. The fourth-order valence-corrected chi connectivity index (χ4v) is 3.86. The van der Waals surface area contributed by atoms with E-state index in [-0.39, 0.29) is 0 Å². The molecule has 0 fully saturated rings. The monoisotopic (exact) mass is 446 g/mol. The van der Waals surface area contributed by atoms with Crippen molar-refractivity contribution in [1.82, 2.24) is 19.7 Å². The molecule has 4 aromatic rings. The van der Waals surface area contributed by atoms with E-state index in [9.17, 15) is 13.2 Å². The van der Waals surface area contributed by atoms with E-state index >= 15 is 0 Å². The van der Waals surface area contributed by atoms with Crippen LogP contribution in [0.2, 0.25) is 5.02 Å². The molecule has 0 aliphatic carbocycles. The zero-order valence-electron chi connectivity index (χ0n) is 15.3. The van der Waals surface area contributed by atoms with Gasteiger partial charge in [-0.15, -0.1) is 10.2 Å². The van der Waals surface area contributed by atoms with E-state index in [1.807, 2.05) is 12.1 Å². The third-order valence-electron chi connectivity index (χ3n) is 4.27. The first-order chi connectivity index (χ1) is 14.4. The van der Waals surface area contributed by atoms with Crippen molar-refractivity contribution in [2.24, 2.45) is 0 Å². The number of pyridine rings is 1. The molecule has 2 aromatic carbocycles. The van der Waals surface area contributed by atoms with Crippen LogP contribution in [0.1, 0.15) is 11.1 Å². The predicted octanol–water partition coefficient (Wildman–Crippen LogP) is 6.29. The molecule has 152 valence electrons. The van der Waals surface area contributed by atoms with Crippen LogP contribution in [0.4, 0.5) is 13.2 Å². The van der Waals surface area contributed by atoms with Crippen molar-refractivity contribution in [1.29, 1.82) is 0 Å². The summed E-state index contributed by atoms with van der Waals surface area (Å²) in [6, 6.07) is 16.0. The van der Waals surface area contributed by atoms with Crippen LogP contribution in [0.25, 0.3) is 17.1 Å². The summed E-state index contributed by atoms with van der Waals surface area (Å²) in [5.74, 6) is 0.974. The lowest BCUT2D eigenvalue weighted by molar-refractivity contribution is -0.137. The molecule has 2 aromatic heterocycles. The van der Waals surface area contributed by atoms with Gasteiger partial charge in [0.15, 0.2) is 11.0 Å². The van der Waals surface area contributed by atoms with Gasteiger partial charge in [-0.05, 0) is 48.0 Å². The fraction of sp³-hybridized carbons (Fsp3) is 0.0952. The first kappa shape index (κ1) is 20.4. The van der Waals surface area contributed by atoms with Gasteiger partial charge in [0.2, 0.25) is 0 Å². The molecule has 4 rings (SSSR count). The normalized spacial score (nSPS) is 11.6. The van der Waals surface area contributed by atoms with Gasteiger partial charge in [0.1, 0.15) is 0 Å². The third kappa shape index (κ3) is 4.49. The minimum atomic E-state index is -4.45. The molecule has 0 radical (unpaired) electrons. The van der Waals surface area contributed by atoms with Crippen LogP contribution >= 0.6 is 23.4 Å². The molecule has 30 heavy (non-hydrogen) atoms. The molecule has 0 unspecified atom stereocenters. The Morgan fingerprint density at radius 1 is 0.967 bits per heavy atom. The van der Waals surface area contributed by atoms with Crippen molar-refractivity contribution in [3.05, 3.63) is 89.2 Å². The summed E-state index contributed by atoms with van der Waals surface area (Å²) in [5, 5.41) is 9.57. The van der Waals surface area contributed by atoms with E-state index in [1.54, 1.807) is 47.3 Å². The second-order valence-corrected chi connectivity index (χ2v) is 7.73. The summed E-state index contributed by atoms with van der Waals surface area (Å²) in [6.45, 7) is 0. The lowest BCUT2D eigenvalue weighted by atomic mass is 10.2. The largest absolute Gasteiger partial charge is 0.416 e. The smallest absolute Gasteiger partial charge is 0.270 e. The van der Waals surface area contributed by atoms with Crippen molar-refractivity contribution in [3.8, 4) is 17.1 Å². The number of hydrogen-bond acceptors (Lipinski definition) is 4. The molecule has 0 saturated heterocycles. The van der Waals surface area contributed by atoms with Crippen molar-refractivity contribution in [2.75, 3.05) is 0 Å². The van der Waals surface area contributed by atoms with E-state index < -0.39 is 11.7 Å². The van der Waals surface area contributed by atoms with Gasteiger partial charge in [0.25, 0.3) is 0 Å². The minimum Gasteiger partial charge on any atom is -0.270 e. The summed E-state index contributed by atoms with van der Waals surface area (Å²) < 4.78 is 41.4. The maximum Gasteiger partial charge on any atom is 0.416 e. The Bertz CT molecular complexity index is 1150. The molecule has 9 heteroatoms. The van der Waals surface area contributed by atoms with E-state index in [0.29, 0.717) is 33.0 Å². The number of halogens is 4. The quantitative estimate of drug-likeness (QED) is 0.338. The number of thioether (sulfide) groups is 1. The Morgan fingerprint density at radius 2 is 1.77 bits per heavy atom. The second kappa shape index (κ2) is 8.49. The number of benzene rings is 2. The fourth-order valence-electron chi connectivity index (χ4n) is 2.83. The maximum absolute atomic E-state index is 13.3. The van der Waals surface area contributed by atoms with Crippen molar-refractivity contribution >= 4 is 23.4 Å². The number of hydrogen-bond donors (Lipinski definition) is 0. The Morgan fingerprint density at radius 3 is 2.47 bits per heavy atom. The van der Waals surface area contributed by atoms with Crippen LogP contribution in [-0.4, -0.2) is 19.7 Å². The first-order valence-corrected chi connectivity index (χ1v) is 10.2. The maximum atomic E-state index is 13.3. The Balaban J connectivity index is 1.76. The molecule has 4 nitrogen and oxygen atoms in total. The Hall–Kier alpha value is -2.84. The highest BCUT2D eigenvalue weighted by Crippen LogP contribution is 2.34. The number of alkyl halides is 3. The third-order valence-corrected chi connectivity index (χ3v) is 5.52. The molecule has 0 aliphatic heterocycles. The van der Waals surface area contributed by atoms with Crippen LogP contribution in [0, 0.1) is 0 Å². The highest BCUT2D eigenvalue weighted by Gasteiger charge is 2.31.